The summed E-state index contributed by atoms with van der Waals surface area (Å²) in [5.41, 5.74) is 12.6. The van der Waals surface area contributed by atoms with Crippen molar-refractivity contribution in [2.75, 3.05) is 0 Å². The summed E-state index contributed by atoms with van der Waals surface area (Å²) in [4.78, 5) is 0. The van der Waals surface area contributed by atoms with Gasteiger partial charge in [0, 0.05) is 48.4 Å². The van der Waals surface area contributed by atoms with Gasteiger partial charge in [-0.15, -0.1) is 0 Å². The van der Waals surface area contributed by atoms with Crippen LogP contribution in [0.5, 0.6) is 0 Å². The summed E-state index contributed by atoms with van der Waals surface area (Å²) in [6.07, 6.45) is 0. The van der Waals surface area contributed by atoms with Crippen molar-refractivity contribution in [1.82, 2.24) is 0 Å². The number of hydrogen-bond donors (Lipinski definition) is 0. The van der Waals surface area contributed by atoms with Crippen molar-refractivity contribution in [3.05, 3.63) is 119 Å². The van der Waals surface area contributed by atoms with E-state index in [0.717, 1.165) is 15.5 Å². The van der Waals surface area contributed by atoms with Gasteiger partial charge in [-0.2, -0.15) is 0 Å². The summed E-state index contributed by atoms with van der Waals surface area (Å²) in [7, 11) is -8.28. The summed E-state index contributed by atoms with van der Waals surface area (Å²) in [6, 6.07) is 37.1. The summed E-state index contributed by atoms with van der Waals surface area (Å²) in [6.45, 7) is 56.0. The molecular formula is C51H84Br2Si6Sn. The van der Waals surface area contributed by atoms with Gasteiger partial charge in [-0.25, -0.2) is 0 Å². The quantitative estimate of drug-likeness (QED) is 0.117. The number of rotatable bonds is 13. The maximum atomic E-state index is 4.24. The smallest absolute Gasteiger partial charge is 1.00 e. The first kappa shape index (κ1) is 59.9. The average Bonchev–Trinajstić information content (AvgIpc) is 3.01. The number of hydrogen-bond acceptors (Lipinski definition) is 0. The first-order valence-electron chi connectivity index (χ1n) is 22.0. The normalized spacial score (nSPS) is 12.8. The van der Waals surface area contributed by atoms with Gasteiger partial charge in [-0.3, -0.25) is 0 Å². The molecule has 0 aliphatic heterocycles. The van der Waals surface area contributed by atoms with Crippen LogP contribution >= 0.6 is 0 Å². The molecule has 330 valence electrons. The number of benzene rings is 4. The molecule has 0 spiro atoms. The fourth-order valence-electron chi connectivity index (χ4n) is 11.2. The second kappa shape index (κ2) is 22.9. The molecule has 0 nitrogen and oxygen atoms in total. The van der Waals surface area contributed by atoms with Gasteiger partial charge in [-0.05, 0) is 89.5 Å². The predicted molar refractivity (Wildman–Crippen MR) is 284 cm³/mol. The Morgan fingerprint density at radius 1 is 0.367 bits per heavy atom. The monoisotopic (exact) mass is 1140 g/mol. The zero-order valence-electron chi connectivity index (χ0n) is 42.1. The molecule has 4 radical (unpaired) electrons. The minimum atomic E-state index is -1.39. The predicted octanol–water partition coefficient (Wildman–Crippen LogP) is 10.7. The van der Waals surface area contributed by atoms with Crippen LogP contribution < -0.4 is 34.0 Å². The molecule has 4 aromatic rings. The molecule has 4 rings (SSSR count). The molecule has 0 bridgehead atoms. The topological polar surface area (TPSA) is 0 Å². The van der Waals surface area contributed by atoms with E-state index in [0.29, 0.717) is 11.8 Å². The van der Waals surface area contributed by atoms with E-state index in [1.807, 2.05) is 0 Å². The molecule has 60 heavy (non-hydrogen) atoms. The first-order valence-corrected chi connectivity index (χ1v) is 43.5. The van der Waals surface area contributed by atoms with Crippen LogP contribution in [0.15, 0.2) is 78.9 Å². The van der Waals surface area contributed by atoms with E-state index in [1.54, 1.807) is 16.7 Å². The van der Waals surface area contributed by atoms with Crippen LogP contribution in [0, 0.1) is 12.1 Å². The van der Waals surface area contributed by atoms with E-state index in [1.165, 1.54) is 33.4 Å². The minimum Gasteiger partial charge on any atom is -1.00 e. The van der Waals surface area contributed by atoms with Crippen molar-refractivity contribution in [3.8, 4) is 22.3 Å². The molecule has 0 heterocycles. The van der Waals surface area contributed by atoms with Gasteiger partial charge in [0.05, 0.1) is 0 Å². The summed E-state index contributed by atoms with van der Waals surface area (Å²) in [5, 5.41) is 2.32. The maximum Gasteiger partial charge on any atom is 2.00 e. The molecule has 4 aromatic carbocycles. The van der Waals surface area contributed by atoms with Crippen LogP contribution in [0.2, 0.25) is 118 Å². The van der Waals surface area contributed by atoms with E-state index in [-0.39, 0.29) is 57.9 Å². The molecule has 0 saturated carbocycles. The SMILES string of the molecule is CC(C)c1ccccc1-c1[c]c(-c2ccccc2C(C)C)ccc1.C[Si](C)(C)C(c1[c]c(C([Si](C)(C)C)[Si](C)(C)C)cc(C([Si](C)(C)C)[Si](C)(C)C)c1)[Si](C)(C)C.[Br-].[Br-].[Sn+2]. The average molecular weight is 1140 g/mol. The van der Waals surface area contributed by atoms with E-state index in [4.69, 9.17) is 0 Å². The van der Waals surface area contributed by atoms with Crippen molar-refractivity contribution in [2.24, 2.45) is 0 Å². The van der Waals surface area contributed by atoms with Gasteiger partial charge in [0.25, 0.3) is 0 Å². The van der Waals surface area contributed by atoms with Crippen LogP contribution in [0.3, 0.4) is 0 Å². The molecule has 0 amide bonds. The zero-order valence-corrected chi connectivity index (χ0v) is 54.2. The molecule has 0 fully saturated rings. The van der Waals surface area contributed by atoms with Crippen LogP contribution in [-0.4, -0.2) is 72.4 Å². The molecule has 0 N–H and O–H groups in total. The Morgan fingerprint density at radius 3 is 0.917 bits per heavy atom. The fraction of sp³-hybridized carbons (Fsp3) is 0.529. The Bertz CT molecular complexity index is 1700. The Labute approximate surface area is 416 Å². The van der Waals surface area contributed by atoms with Crippen LogP contribution in [-0.2, 0) is 0 Å². The van der Waals surface area contributed by atoms with Crippen molar-refractivity contribution >= 4 is 72.4 Å². The van der Waals surface area contributed by atoms with Crippen molar-refractivity contribution in [2.45, 2.75) is 173 Å². The van der Waals surface area contributed by atoms with E-state index < -0.39 is 48.4 Å². The third-order valence-corrected chi connectivity index (χ3v) is 39.5. The van der Waals surface area contributed by atoms with Gasteiger partial charge in [-0.1, -0.05) is 224 Å². The molecule has 0 aliphatic carbocycles. The Balaban J connectivity index is 0.00000115. The molecule has 9 heteroatoms. The van der Waals surface area contributed by atoms with Crippen LogP contribution in [0.1, 0.15) is 82.8 Å². The Kier molecular flexibility index (Phi) is 22.9. The summed E-state index contributed by atoms with van der Waals surface area (Å²) >= 11 is 0. The van der Waals surface area contributed by atoms with Gasteiger partial charge in [0.15, 0.2) is 0 Å². The van der Waals surface area contributed by atoms with Gasteiger partial charge >= 0.3 is 23.9 Å². The standard InChI is InChI=1S/C27H59Si6.C24H25.2BrH.Sn/c1-28(2,3)25(29(4,5)6)22-19-23(26(30(7,8)9)31(10,11)12)21-24(20-22)27(32(13,14)15)33(16,17)18;1-17(2)21-12-5-7-14-23(21)19-10-9-11-20(16-19)24-15-8-6-13-22(24)18(3)4;;;/h19-20,25-27H,1-18H3;5-15,17-18H,1-4H3;2*1H;/q;;;;+2/p-2. The van der Waals surface area contributed by atoms with Gasteiger partial charge in [0.2, 0.25) is 0 Å². The minimum absolute atomic E-state index is 0. The number of halogens is 2. The summed E-state index contributed by atoms with van der Waals surface area (Å²) in [5.74, 6) is 1.00. The molecule has 0 atom stereocenters. The second-order valence-electron chi connectivity index (χ2n) is 24.3. The van der Waals surface area contributed by atoms with Gasteiger partial charge in [0.1, 0.15) is 0 Å². The zero-order chi connectivity index (χ0) is 43.7. The van der Waals surface area contributed by atoms with Crippen molar-refractivity contribution < 1.29 is 34.0 Å². The Morgan fingerprint density at radius 2 is 0.650 bits per heavy atom. The van der Waals surface area contributed by atoms with Crippen LogP contribution in [0.4, 0.5) is 0 Å². The molecule has 0 aromatic heterocycles. The molecule has 0 unspecified atom stereocenters. The van der Waals surface area contributed by atoms with E-state index in [9.17, 15) is 0 Å². The fourth-order valence-corrected chi connectivity index (χ4v) is 49.0. The van der Waals surface area contributed by atoms with Crippen molar-refractivity contribution in [1.29, 1.82) is 0 Å². The molecule has 0 saturated heterocycles. The van der Waals surface area contributed by atoms with Gasteiger partial charge < -0.3 is 34.0 Å². The Hall–Kier alpha value is -0.0600. The van der Waals surface area contributed by atoms with E-state index in [2.05, 4.69) is 237 Å². The second-order valence-corrected chi connectivity index (χ2v) is 57.9. The first-order chi connectivity index (χ1) is 25.8. The van der Waals surface area contributed by atoms with Crippen LogP contribution in [0.25, 0.3) is 22.3 Å². The molecular weight excluding hydrogens is 1060 g/mol. The molecule has 0 aliphatic rings. The third-order valence-electron chi connectivity index (χ3n) is 11.6. The third kappa shape index (κ3) is 16.1. The maximum absolute atomic E-state index is 4.24. The van der Waals surface area contributed by atoms with Crippen molar-refractivity contribution in [3.63, 3.8) is 0 Å². The summed E-state index contributed by atoms with van der Waals surface area (Å²) < 4.78 is 0. The largest absolute Gasteiger partial charge is 2.00 e. The van der Waals surface area contributed by atoms with E-state index >= 15 is 0 Å².